The highest BCUT2D eigenvalue weighted by atomic mass is 16.3. The Morgan fingerprint density at radius 1 is 1.14 bits per heavy atom. The average molecular weight is 297 g/mol. The molecule has 1 aliphatic rings. The predicted molar refractivity (Wildman–Crippen MR) is 86.5 cm³/mol. The Morgan fingerprint density at radius 2 is 1.73 bits per heavy atom. The van der Waals surface area contributed by atoms with Gasteiger partial charge in [0.2, 0.25) is 0 Å². The first-order valence-corrected chi connectivity index (χ1v) is 7.18. The molecule has 1 aliphatic carbocycles. The van der Waals surface area contributed by atoms with Crippen LogP contribution in [0.4, 0.5) is 0 Å². The summed E-state index contributed by atoms with van der Waals surface area (Å²) in [6.45, 7) is 3.78. The van der Waals surface area contributed by atoms with Crippen LogP contribution in [0.5, 0.6) is 5.75 Å². The first-order valence-electron chi connectivity index (χ1n) is 7.18. The molecular weight excluding hydrogens is 278 g/mol. The van der Waals surface area contributed by atoms with Crippen molar-refractivity contribution in [2.24, 2.45) is 5.18 Å². The van der Waals surface area contributed by atoms with Gasteiger partial charge in [0.1, 0.15) is 11.3 Å². The quantitative estimate of drug-likeness (QED) is 0.830. The molecule has 0 aromatic heterocycles. The molecule has 1 N–H and O–H groups in total. The maximum Gasteiger partial charge on any atom is 0.178 e. The lowest BCUT2D eigenvalue weighted by Crippen LogP contribution is -2.18. The van der Waals surface area contributed by atoms with E-state index in [0.717, 1.165) is 16.7 Å². The molecule has 0 aliphatic heterocycles. The van der Waals surface area contributed by atoms with E-state index in [1.807, 2.05) is 6.92 Å². The Balaban J connectivity index is 2.14. The van der Waals surface area contributed by atoms with E-state index in [0.29, 0.717) is 12.8 Å². The van der Waals surface area contributed by atoms with Crippen LogP contribution >= 0.6 is 0 Å². The molecule has 0 heterocycles. The molecule has 0 unspecified atom stereocenters. The molecule has 1 aromatic rings. The molecule has 0 bridgehead atoms. The number of carbonyl (C=O) groups is 1. The van der Waals surface area contributed by atoms with E-state index in [-0.39, 0.29) is 11.5 Å². The van der Waals surface area contributed by atoms with Crippen molar-refractivity contribution in [3.8, 4) is 5.75 Å². The van der Waals surface area contributed by atoms with Crippen molar-refractivity contribution in [3.63, 3.8) is 0 Å². The number of aromatic hydroxyl groups is 1. The van der Waals surface area contributed by atoms with E-state index in [9.17, 15) is 14.8 Å². The summed E-state index contributed by atoms with van der Waals surface area (Å²) in [5, 5.41) is 12.7. The maximum absolute atomic E-state index is 11.3. The molecule has 1 atom stereocenters. The summed E-state index contributed by atoms with van der Waals surface area (Å²) in [4.78, 5) is 22.5. The van der Waals surface area contributed by atoms with E-state index in [1.54, 1.807) is 43.3 Å². The number of hydrogen-bond donors (Lipinski definition) is 1. The van der Waals surface area contributed by atoms with Gasteiger partial charge in [-0.15, -0.1) is 4.91 Å². The fraction of sp³-hybridized carbons (Fsp3) is 0.278. The molecule has 4 nitrogen and oxygen atoms in total. The van der Waals surface area contributed by atoms with Crippen molar-refractivity contribution >= 4 is 5.78 Å². The van der Waals surface area contributed by atoms with Crippen molar-refractivity contribution < 1.29 is 9.90 Å². The number of rotatable bonds is 5. The van der Waals surface area contributed by atoms with Crippen molar-refractivity contribution in [1.29, 1.82) is 0 Å². The van der Waals surface area contributed by atoms with E-state index >= 15 is 0 Å². The van der Waals surface area contributed by atoms with Gasteiger partial charge in [-0.2, -0.15) is 0 Å². The Kier molecular flexibility index (Phi) is 4.71. The third-order valence-corrected chi connectivity index (χ3v) is 4.02. The van der Waals surface area contributed by atoms with Crippen molar-refractivity contribution in [3.05, 3.63) is 70.2 Å². The lowest BCUT2D eigenvalue weighted by Gasteiger charge is -2.22. The summed E-state index contributed by atoms with van der Waals surface area (Å²) in [6.07, 6.45) is 7.92. The minimum Gasteiger partial charge on any atom is -0.508 e. The van der Waals surface area contributed by atoms with Gasteiger partial charge in [0.15, 0.2) is 5.78 Å². The molecule has 0 saturated heterocycles. The number of benzene rings is 1. The number of nitroso groups, excluding NO2 is 1. The summed E-state index contributed by atoms with van der Waals surface area (Å²) in [6, 6.07) is 6.56. The zero-order valence-electron chi connectivity index (χ0n) is 12.7. The molecule has 0 saturated carbocycles. The molecule has 0 fully saturated rings. The highest BCUT2D eigenvalue weighted by molar-refractivity contribution is 6.01. The Labute approximate surface area is 129 Å². The maximum atomic E-state index is 11.3. The lowest BCUT2D eigenvalue weighted by atomic mass is 9.86. The van der Waals surface area contributed by atoms with E-state index in [2.05, 4.69) is 5.18 Å². The van der Waals surface area contributed by atoms with Gasteiger partial charge in [0, 0.05) is 0 Å². The van der Waals surface area contributed by atoms with Gasteiger partial charge in [-0.25, -0.2) is 0 Å². The van der Waals surface area contributed by atoms with Crippen LogP contribution in [0.15, 0.2) is 64.9 Å². The Bertz CT molecular complexity index is 650. The number of phenolic OH excluding ortho intramolecular Hbond substituents is 1. The molecular formula is C18H19NO3. The summed E-state index contributed by atoms with van der Waals surface area (Å²) in [7, 11) is 0. The van der Waals surface area contributed by atoms with Gasteiger partial charge in [-0.3, -0.25) is 4.79 Å². The van der Waals surface area contributed by atoms with Gasteiger partial charge >= 0.3 is 0 Å². The third-order valence-electron chi connectivity index (χ3n) is 4.02. The highest BCUT2D eigenvalue weighted by Gasteiger charge is 2.27. The zero-order valence-corrected chi connectivity index (χ0v) is 12.7. The van der Waals surface area contributed by atoms with Crippen molar-refractivity contribution in [2.45, 2.75) is 32.2 Å². The van der Waals surface area contributed by atoms with Gasteiger partial charge in [-0.05, 0) is 62.1 Å². The summed E-state index contributed by atoms with van der Waals surface area (Å²) in [5.74, 6) is 0.150. The standard InChI is InChI=1S/C18H19NO3/c1-13(14-3-7-16(20)8-4-14)11-12-18(2,19-22)15-5-9-17(21)10-6-15/h3-10,21H,11-12H2,1-2H3/t18-/m0/s1. The molecule has 0 radical (unpaired) electrons. The number of nitrogens with zero attached hydrogens (tertiary/aromatic N) is 1. The number of hydrogen-bond acceptors (Lipinski definition) is 4. The smallest absolute Gasteiger partial charge is 0.178 e. The minimum absolute atomic E-state index is 0.0139. The van der Waals surface area contributed by atoms with Crippen LogP contribution in [0.1, 0.15) is 32.3 Å². The van der Waals surface area contributed by atoms with Crippen LogP contribution in [0.2, 0.25) is 0 Å². The second kappa shape index (κ2) is 6.52. The highest BCUT2D eigenvalue weighted by Crippen LogP contribution is 2.33. The number of phenols is 1. The molecule has 4 heteroatoms. The topological polar surface area (TPSA) is 66.7 Å². The molecule has 0 amide bonds. The second-order valence-electron chi connectivity index (χ2n) is 5.72. The second-order valence-corrected chi connectivity index (χ2v) is 5.72. The van der Waals surface area contributed by atoms with Crippen molar-refractivity contribution in [2.75, 3.05) is 0 Å². The van der Waals surface area contributed by atoms with Gasteiger partial charge < -0.3 is 5.11 Å². The number of carbonyl (C=O) groups excluding carboxylic acids is 1. The van der Waals surface area contributed by atoms with Crippen LogP contribution in [0.3, 0.4) is 0 Å². The first kappa shape index (κ1) is 15.9. The monoisotopic (exact) mass is 297 g/mol. The van der Waals surface area contributed by atoms with Crippen LogP contribution in [-0.2, 0) is 10.3 Å². The lowest BCUT2D eigenvalue weighted by molar-refractivity contribution is -0.110. The van der Waals surface area contributed by atoms with Crippen LogP contribution in [0, 0.1) is 4.91 Å². The minimum atomic E-state index is -0.840. The van der Waals surface area contributed by atoms with Gasteiger partial charge in [0.05, 0.1) is 0 Å². The summed E-state index contributed by atoms with van der Waals surface area (Å²) < 4.78 is 0. The number of allylic oxidation sites excluding steroid dienone is 6. The Morgan fingerprint density at radius 3 is 2.27 bits per heavy atom. The zero-order chi connectivity index (χ0) is 16.2. The molecule has 22 heavy (non-hydrogen) atoms. The SMILES string of the molecule is CC(CC[C@](C)(N=O)c1ccc(O)cc1)=C1C=CC(=O)C=C1. The normalized spacial score (nSPS) is 16.5. The molecule has 0 spiro atoms. The van der Waals surface area contributed by atoms with Gasteiger partial charge in [-0.1, -0.05) is 35.0 Å². The fourth-order valence-corrected chi connectivity index (χ4v) is 2.38. The molecule has 114 valence electrons. The summed E-state index contributed by atoms with van der Waals surface area (Å²) in [5.41, 5.74) is 2.04. The van der Waals surface area contributed by atoms with Gasteiger partial charge in [0.25, 0.3) is 0 Å². The van der Waals surface area contributed by atoms with Crippen LogP contribution in [-0.4, -0.2) is 10.9 Å². The molecule has 1 aromatic carbocycles. The van der Waals surface area contributed by atoms with Crippen LogP contribution < -0.4 is 0 Å². The van der Waals surface area contributed by atoms with Crippen LogP contribution in [0.25, 0.3) is 0 Å². The van der Waals surface area contributed by atoms with E-state index < -0.39 is 5.54 Å². The summed E-state index contributed by atoms with van der Waals surface area (Å²) >= 11 is 0. The fourth-order valence-electron chi connectivity index (χ4n) is 2.38. The predicted octanol–water partition coefficient (Wildman–Crippen LogP) is 4.17. The first-order chi connectivity index (χ1) is 10.4. The molecule has 2 rings (SSSR count). The third kappa shape index (κ3) is 3.58. The van der Waals surface area contributed by atoms with E-state index in [1.165, 1.54) is 12.2 Å². The number of ketones is 1. The van der Waals surface area contributed by atoms with Crippen molar-refractivity contribution in [1.82, 2.24) is 0 Å². The largest absolute Gasteiger partial charge is 0.508 e. The average Bonchev–Trinajstić information content (AvgIpc) is 2.53. The Hall–Kier alpha value is -2.49. The van der Waals surface area contributed by atoms with E-state index in [4.69, 9.17) is 0 Å².